The Balaban J connectivity index is 1.79. The maximum atomic E-state index is 13.1. The summed E-state index contributed by atoms with van der Waals surface area (Å²) in [6.07, 6.45) is 2.53. The summed E-state index contributed by atoms with van der Waals surface area (Å²) in [6.45, 7) is 5.09. The molecule has 3 aromatic rings. The molecule has 0 aromatic carbocycles. The average molecular weight is 398 g/mol. The lowest BCUT2D eigenvalue weighted by Gasteiger charge is -2.23. The van der Waals surface area contributed by atoms with Crippen LogP contribution in [0.1, 0.15) is 16.8 Å². The van der Waals surface area contributed by atoms with E-state index in [4.69, 9.17) is 10.5 Å². The summed E-state index contributed by atoms with van der Waals surface area (Å²) >= 11 is 0. The monoisotopic (exact) mass is 398 g/mol. The molecule has 9 nitrogen and oxygen atoms in total. The summed E-state index contributed by atoms with van der Waals surface area (Å²) in [5.41, 5.74) is 7.48. The molecule has 0 bridgehead atoms. The lowest BCUT2D eigenvalue weighted by Crippen LogP contribution is -3.14. The van der Waals surface area contributed by atoms with Crippen molar-refractivity contribution in [2.45, 2.75) is 13.0 Å². The topological polar surface area (TPSA) is 107 Å². The van der Waals surface area contributed by atoms with Crippen LogP contribution < -0.4 is 26.1 Å². The number of hydrogen-bond acceptors (Lipinski definition) is 5. The number of morpholine rings is 1. The molecule has 3 aromatic heterocycles. The highest BCUT2D eigenvalue weighted by atomic mass is 16.5. The first-order valence-electron chi connectivity index (χ1n) is 9.87. The fourth-order valence-electron chi connectivity index (χ4n) is 3.84. The Hall–Kier alpha value is -3.04. The van der Waals surface area contributed by atoms with E-state index in [1.54, 1.807) is 36.0 Å². The van der Waals surface area contributed by atoms with E-state index in [0.717, 1.165) is 39.3 Å². The zero-order chi connectivity index (χ0) is 20.4. The quantitative estimate of drug-likeness (QED) is 0.354. The van der Waals surface area contributed by atoms with Gasteiger partial charge in [0.25, 0.3) is 17.1 Å². The molecule has 0 atom stereocenters. The van der Waals surface area contributed by atoms with E-state index in [1.807, 2.05) is 6.07 Å². The summed E-state index contributed by atoms with van der Waals surface area (Å²) in [5.74, 6) is -0.00415. The molecule has 1 aliphatic heterocycles. The Bertz CT molecular complexity index is 1120. The molecule has 0 radical (unpaired) electrons. The molecular weight excluding hydrogens is 372 g/mol. The minimum Gasteiger partial charge on any atom is -0.370 e. The molecule has 1 amide bonds. The zero-order valence-electron chi connectivity index (χ0n) is 16.5. The molecule has 152 valence electrons. The van der Waals surface area contributed by atoms with Gasteiger partial charge in [-0.25, -0.2) is 4.57 Å². The molecular formula is C20H26N6O3+2. The second-order valence-electron chi connectivity index (χ2n) is 7.22. The molecule has 0 saturated carbocycles. The number of nitrogens with one attached hydrogen (secondary N) is 2. The van der Waals surface area contributed by atoms with Crippen LogP contribution in [0.5, 0.6) is 0 Å². The van der Waals surface area contributed by atoms with Gasteiger partial charge in [0, 0.05) is 19.7 Å². The van der Waals surface area contributed by atoms with Crippen LogP contribution in [0.3, 0.4) is 0 Å². The number of fused-ring (bicyclic) bond motifs is 2. The van der Waals surface area contributed by atoms with E-state index in [0.29, 0.717) is 29.0 Å². The van der Waals surface area contributed by atoms with E-state index in [1.165, 1.54) is 9.30 Å². The molecule has 1 fully saturated rings. The van der Waals surface area contributed by atoms with Crippen molar-refractivity contribution < 1.29 is 19.0 Å². The number of aryl methyl sites for hydroxylation is 1. The normalized spacial score (nSPS) is 15.1. The number of carbonyl (C=O) groups excluding carboxylic acids is 1. The van der Waals surface area contributed by atoms with Gasteiger partial charge in [-0.1, -0.05) is 11.1 Å². The van der Waals surface area contributed by atoms with Gasteiger partial charge >= 0.3 is 0 Å². The van der Waals surface area contributed by atoms with Crippen molar-refractivity contribution >= 4 is 28.4 Å². The van der Waals surface area contributed by atoms with Crippen LogP contribution in [0, 0.1) is 0 Å². The van der Waals surface area contributed by atoms with Crippen LogP contribution in [0.2, 0.25) is 0 Å². The Morgan fingerprint density at radius 1 is 1.38 bits per heavy atom. The number of anilines is 1. The van der Waals surface area contributed by atoms with Crippen molar-refractivity contribution in [1.82, 2.24) is 14.7 Å². The summed E-state index contributed by atoms with van der Waals surface area (Å²) in [7, 11) is 1.55. The number of nitrogens with zero attached hydrogens (tertiary/aromatic N) is 3. The van der Waals surface area contributed by atoms with Crippen molar-refractivity contribution in [3.63, 3.8) is 0 Å². The number of carbonyl (C=O) groups is 1. The highest BCUT2D eigenvalue weighted by molar-refractivity contribution is 6.00. The predicted molar refractivity (Wildman–Crippen MR) is 108 cm³/mol. The van der Waals surface area contributed by atoms with Gasteiger partial charge in [0.1, 0.15) is 24.0 Å². The molecule has 4 N–H and O–H groups in total. The summed E-state index contributed by atoms with van der Waals surface area (Å²) in [6, 6.07) is 6.94. The maximum absolute atomic E-state index is 13.1. The predicted octanol–water partition coefficient (Wildman–Crippen LogP) is -1.62. The summed E-state index contributed by atoms with van der Waals surface area (Å²) in [5, 5.41) is 2.97. The van der Waals surface area contributed by atoms with Crippen LogP contribution in [0.4, 0.5) is 5.82 Å². The first-order chi connectivity index (χ1) is 14.1. The van der Waals surface area contributed by atoms with Crippen LogP contribution in [-0.4, -0.2) is 55.2 Å². The molecule has 9 heteroatoms. The number of quaternary nitrogens is 1. The zero-order valence-corrected chi connectivity index (χ0v) is 16.5. The largest absolute Gasteiger partial charge is 0.370 e. The highest BCUT2D eigenvalue weighted by Gasteiger charge is 2.24. The van der Waals surface area contributed by atoms with E-state index < -0.39 is 0 Å². The Morgan fingerprint density at radius 3 is 2.93 bits per heavy atom. The second-order valence-corrected chi connectivity index (χ2v) is 7.22. The molecule has 0 spiro atoms. The minimum absolute atomic E-state index is 0.219. The van der Waals surface area contributed by atoms with Gasteiger partial charge in [-0.15, -0.1) is 0 Å². The molecule has 29 heavy (non-hydrogen) atoms. The molecule has 1 saturated heterocycles. The van der Waals surface area contributed by atoms with E-state index in [-0.39, 0.29) is 17.0 Å². The number of ether oxygens (including phenoxy) is 1. The number of amides is 1. The van der Waals surface area contributed by atoms with Crippen molar-refractivity contribution in [2.75, 3.05) is 45.6 Å². The van der Waals surface area contributed by atoms with Gasteiger partial charge in [-0.05, 0) is 18.2 Å². The summed E-state index contributed by atoms with van der Waals surface area (Å²) in [4.78, 5) is 31.6. The lowest BCUT2D eigenvalue weighted by molar-refractivity contribution is -0.910. The van der Waals surface area contributed by atoms with Crippen LogP contribution in [-0.2, 0) is 11.3 Å². The van der Waals surface area contributed by atoms with E-state index in [2.05, 4.69) is 10.3 Å². The first kappa shape index (κ1) is 19.3. The number of hydrogen-bond donors (Lipinski definition) is 3. The van der Waals surface area contributed by atoms with E-state index in [9.17, 15) is 9.59 Å². The highest BCUT2D eigenvalue weighted by Crippen LogP contribution is 2.14. The Labute approximate surface area is 167 Å². The first-order valence-corrected chi connectivity index (χ1v) is 9.87. The van der Waals surface area contributed by atoms with Gasteiger partial charge in [0.15, 0.2) is 0 Å². The lowest BCUT2D eigenvalue weighted by atomic mass is 10.1. The van der Waals surface area contributed by atoms with Gasteiger partial charge in [0.05, 0.1) is 26.3 Å². The standard InChI is InChI=1S/C20H24N6O3/c1-22-19(27)14-13-15-18(23-16-5-2-3-7-25(16)20(15)28)26(17(14)21)8-4-6-24-9-11-29-12-10-24/h2-3,5,7,13,21H,4,6,8-12H2,1H3,(H,22,27)/p+2. The van der Waals surface area contributed by atoms with Gasteiger partial charge < -0.3 is 20.7 Å². The smallest absolute Gasteiger partial charge is 0.278 e. The second kappa shape index (κ2) is 8.14. The van der Waals surface area contributed by atoms with Crippen molar-refractivity contribution in [3.8, 4) is 0 Å². The van der Waals surface area contributed by atoms with E-state index >= 15 is 0 Å². The van der Waals surface area contributed by atoms with Crippen LogP contribution in [0.25, 0.3) is 16.7 Å². The molecule has 4 rings (SSSR count). The van der Waals surface area contributed by atoms with Crippen molar-refractivity contribution in [1.29, 1.82) is 0 Å². The molecule has 4 heterocycles. The van der Waals surface area contributed by atoms with Crippen LogP contribution in [0.15, 0.2) is 35.3 Å². The minimum atomic E-state index is -0.325. The van der Waals surface area contributed by atoms with Gasteiger partial charge in [-0.2, -0.15) is 0 Å². The molecule has 0 unspecified atom stereocenters. The van der Waals surface area contributed by atoms with Crippen molar-refractivity contribution in [3.05, 3.63) is 46.4 Å². The average Bonchev–Trinajstić information content (AvgIpc) is 2.75. The molecule has 0 aliphatic carbocycles. The maximum Gasteiger partial charge on any atom is 0.278 e. The third kappa shape index (κ3) is 3.66. The SMILES string of the molecule is CNC(=O)c1cc2c(=O)n3ccccc3nc2[n+](CCC[NH+]2CCOCC2)c1N. The third-order valence-corrected chi connectivity index (χ3v) is 5.44. The molecule has 1 aliphatic rings. The van der Waals surface area contributed by atoms with Gasteiger partial charge in [-0.3, -0.25) is 14.0 Å². The summed E-state index contributed by atoms with van der Waals surface area (Å²) < 4.78 is 8.69. The van der Waals surface area contributed by atoms with Crippen molar-refractivity contribution in [2.24, 2.45) is 0 Å². The fourth-order valence-corrected chi connectivity index (χ4v) is 3.84. The Morgan fingerprint density at radius 2 is 2.17 bits per heavy atom. The number of rotatable bonds is 5. The third-order valence-electron chi connectivity index (χ3n) is 5.44. The Kier molecular flexibility index (Phi) is 5.41. The number of aromatic nitrogens is 3. The van der Waals surface area contributed by atoms with Gasteiger partial charge in [0.2, 0.25) is 11.5 Å². The number of nitrogens with two attached hydrogens (primary N) is 1. The fraction of sp³-hybridized carbons (Fsp3) is 0.400. The number of pyridine rings is 2. The van der Waals surface area contributed by atoms with Crippen LogP contribution >= 0.6 is 0 Å². The number of nitrogen functional groups attached to an aromatic ring is 1.